The minimum Gasteiger partial charge on any atom is -0.454 e. The number of para-hydroxylation sites is 4. The van der Waals surface area contributed by atoms with Gasteiger partial charge in [-0.2, -0.15) is 0 Å². The highest BCUT2D eigenvalue weighted by Gasteiger charge is 2.31. The number of nitrogens with zero attached hydrogens (tertiary/aromatic N) is 4. The first-order valence-electron chi connectivity index (χ1n) is 30.6. The van der Waals surface area contributed by atoms with E-state index in [2.05, 4.69) is 294 Å². The van der Waals surface area contributed by atoms with Crippen LogP contribution in [0.3, 0.4) is 0 Å². The van der Waals surface area contributed by atoms with Crippen molar-refractivity contribution < 1.29 is 8.83 Å². The summed E-state index contributed by atoms with van der Waals surface area (Å²) in [6, 6.07) is 77.4. The van der Waals surface area contributed by atoms with E-state index in [1.54, 1.807) is 0 Å². The molecule has 0 atom stereocenters. The van der Waals surface area contributed by atoms with Crippen molar-refractivity contribution in [2.75, 3.05) is 9.80 Å². The number of fused-ring (bicyclic) bond motifs is 18. The number of furan rings is 2. The second-order valence-corrected chi connectivity index (χ2v) is 26.9. The third kappa shape index (κ3) is 7.13. The zero-order valence-electron chi connectivity index (χ0n) is 50.4. The Hall–Kier alpha value is -9.78. The molecular weight excluding hydrogens is 1050 g/mol. The van der Waals surface area contributed by atoms with E-state index in [-0.39, 0.29) is 10.8 Å². The van der Waals surface area contributed by atoms with E-state index < -0.39 is 0 Å². The molecule has 11 aromatic carbocycles. The van der Waals surface area contributed by atoms with Crippen molar-refractivity contribution in [3.8, 4) is 0 Å². The summed E-state index contributed by atoms with van der Waals surface area (Å²) < 4.78 is 19.0. The van der Waals surface area contributed by atoms with Crippen LogP contribution in [0.15, 0.2) is 215 Å². The predicted octanol–water partition coefficient (Wildman–Crippen LogP) is 23.6. The first-order valence-corrected chi connectivity index (χ1v) is 30.6. The molecule has 6 heteroatoms. The van der Waals surface area contributed by atoms with Gasteiger partial charge in [0, 0.05) is 76.0 Å². The van der Waals surface area contributed by atoms with Gasteiger partial charge in [-0.3, -0.25) is 0 Å². The molecule has 17 aromatic rings. The van der Waals surface area contributed by atoms with Crippen LogP contribution in [-0.2, 0) is 10.8 Å². The fraction of sp³-hybridized carbons (Fsp3) is 0.175. The molecule has 0 bridgehead atoms. The molecule has 0 saturated heterocycles. The van der Waals surface area contributed by atoms with Crippen LogP contribution in [0.4, 0.5) is 34.1 Å². The summed E-state index contributed by atoms with van der Waals surface area (Å²) in [4.78, 5) is 4.92. The Balaban J connectivity index is 0.972. The second-order valence-electron chi connectivity index (χ2n) is 26.9. The number of anilines is 6. The molecule has 0 aliphatic rings. The van der Waals surface area contributed by atoms with Gasteiger partial charge in [-0.25, -0.2) is 0 Å². The van der Waals surface area contributed by atoms with E-state index in [9.17, 15) is 0 Å². The molecule has 0 unspecified atom stereocenters. The SMILES string of the molecule is CC(C)c1ccc(N(c2cccc3c2oc2ccccc23)c2ccc3c4cc5c(cc4n4c6ccc(C(C)(C)C)cc6c2c34)c2ccc(N(c3ccc(C(C)C)cc3)c3cccc4c3oc3ccccc34)c3c4cc(C(C)(C)C)ccc4n5c23)cc1. The molecule has 86 heavy (non-hydrogen) atoms. The van der Waals surface area contributed by atoms with E-state index in [0.717, 1.165) is 78.0 Å². The largest absolute Gasteiger partial charge is 0.454 e. The molecule has 418 valence electrons. The van der Waals surface area contributed by atoms with Gasteiger partial charge >= 0.3 is 0 Å². The van der Waals surface area contributed by atoms with Gasteiger partial charge in [0.1, 0.15) is 11.2 Å². The maximum absolute atomic E-state index is 6.92. The molecule has 6 heterocycles. The van der Waals surface area contributed by atoms with E-state index in [4.69, 9.17) is 8.83 Å². The third-order valence-electron chi connectivity index (χ3n) is 19.0. The van der Waals surface area contributed by atoms with Gasteiger partial charge < -0.3 is 27.4 Å². The first kappa shape index (κ1) is 50.7. The highest BCUT2D eigenvalue weighted by Crippen LogP contribution is 2.54. The maximum atomic E-state index is 6.92. The van der Waals surface area contributed by atoms with E-state index in [1.807, 2.05) is 0 Å². The molecule has 0 saturated carbocycles. The fourth-order valence-electron chi connectivity index (χ4n) is 14.5. The predicted molar refractivity (Wildman–Crippen MR) is 365 cm³/mol. The molecule has 0 radical (unpaired) electrons. The summed E-state index contributed by atoms with van der Waals surface area (Å²) >= 11 is 0. The molecule has 6 nitrogen and oxygen atoms in total. The number of rotatable bonds is 8. The molecule has 0 amide bonds. The Labute approximate surface area is 499 Å². The van der Waals surface area contributed by atoms with Gasteiger partial charge in [0.2, 0.25) is 0 Å². The highest BCUT2D eigenvalue weighted by atomic mass is 16.3. The van der Waals surface area contributed by atoms with Crippen LogP contribution in [0.1, 0.15) is 103 Å². The molecule has 0 spiro atoms. The van der Waals surface area contributed by atoms with Gasteiger partial charge in [-0.1, -0.05) is 178 Å². The number of hydrogen-bond acceptors (Lipinski definition) is 4. The van der Waals surface area contributed by atoms with Gasteiger partial charge in [0.05, 0.1) is 55.8 Å². The summed E-state index contributed by atoms with van der Waals surface area (Å²) in [6.45, 7) is 23.0. The third-order valence-corrected chi connectivity index (χ3v) is 19.0. The lowest BCUT2D eigenvalue weighted by atomic mass is 9.86. The Bertz CT molecular complexity index is 5270. The molecule has 17 rings (SSSR count). The van der Waals surface area contributed by atoms with Crippen molar-refractivity contribution >= 4 is 154 Å². The molecule has 0 N–H and O–H groups in total. The molecule has 0 fully saturated rings. The van der Waals surface area contributed by atoms with Crippen LogP contribution in [0.2, 0.25) is 0 Å². The van der Waals surface area contributed by atoms with E-state index in [0.29, 0.717) is 11.8 Å². The zero-order chi connectivity index (χ0) is 58.4. The summed E-state index contributed by atoms with van der Waals surface area (Å²) in [6.07, 6.45) is 0. The molecule has 6 aromatic heterocycles. The van der Waals surface area contributed by atoms with Crippen molar-refractivity contribution in [3.63, 3.8) is 0 Å². The Morgan fingerprint density at radius 1 is 0.326 bits per heavy atom. The molecule has 0 aliphatic carbocycles. The topological polar surface area (TPSA) is 41.6 Å². The average molecular weight is 1120 g/mol. The van der Waals surface area contributed by atoms with Gasteiger partial charge in [0.15, 0.2) is 11.2 Å². The van der Waals surface area contributed by atoms with Crippen LogP contribution in [-0.4, -0.2) is 8.80 Å². The number of hydrogen-bond donors (Lipinski definition) is 0. The Morgan fingerprint density at radius 3 is 1.12 bits per heavy atom. The highest BCUT2D eigenvalue weighted by molar-refractivity contribution is 6.33. The molecule has 0 aliphatic heterocycles. The summed E-state index contributed by atoms with van der Waals surface area (Å²) in [7, 11) is 0. The average Bonchev–Trinajstić information content (AvgIpc) is 1.60. The maximum Gasteiger partial charge on any atom is 0.159 e. The van der Waals surface area contributed by atoms with Crippen LogP contribution in [0.5, 0.6) is 0 Å². The summed E-state index contributed by atoms with van der Waals surface area (Å²) in [5.74, 6) is 0.791. The molecular formula is C80H66N4O2. The van der Waals surface area contributed by atoms with Crippen LogP contribution >= 0.6 is 0 Å². The fourth-order valence-corrected chi connectivity index (χ4v) is 14.5. The summed E-state index contributed by atoms with van der Waals surface area (Å²) in [5, 5.41) is 14.2. The second kappa shape index (κ2) is 17.9. The van der Waals surface area contributed by atoms with Crippen molar-refractivity contribution in [1.29, 1.82) is 0 Å². The van der Waals surface area contributed by atoms with Crippen molar-refractivity contribution in [2.24, 2.45) is 0 Å². The minimum atomic E-state index is -0.0808. The lowest BCUT2D eigenvalue weighted by Gasteiger charge is -2.27. The zero-order valence-corrected chi connectivity index (χ0v) is 50.4. The van der Waals surface area contributed by atoms with Gasteiger partial charge in [-0.15, -0.1) is 0 Å². The standard InChI is InChI=1S/C80H66N4O2/c1-45(2)47-25-31-51(32-26-47)81(67-21-15-19-57-53-17-11-13-23-71(53)85-77(57)67)65-39-35-55-59-43-70-60(44-69(59)83-63-37-29-49(79(5,6)7)41-61(63)73(65)75(55)83)56-36-40-66(74-62-42-50(80(8,9)10)30-38-64(62)84(70)76(56)74)82(52-33-27-48(28-34-52)46(3)4)68-22-16-20-58-54-18-12-14-24-72(54)86-78(58)68/h11-46H,1-10H3. The number of benzene rings is 11. The van der Waals surface area contributed by atoms with Gasteiger partial charge in [0.25, 0.3) is 0 Å². The lowest BCUT2D eigenvalue weighted by molar-refractivity contribution is 0.591. The van der Waals surface area contributed by atoms with Gasteiger partial charge in [-0.05, 0) is 142 Å². The minimum absolute atomic E-state index is 0.0808. The Morgan fingerprint density at radius 2 is 0.721 bits per heavy atom. The smallest absolute Gasteiger partial charge is 0.159 e. The van der Waals surface area contributed by atoms with Crippen molar-refractivity contribution in [2.45, 2.75) is 91.9 Å². The van der Waals surface area contributed by atoms with E-state index in [1.165, 1.54) is 98.4 Å². The van der Waals surface area contributed by atoms with E-state index >= 15 is 0 Å². The Kier molecular flexibility index (Phi) is 10.5. The van der Waals surface area contributed by atoms with Crippen LogP contribution < -0.4 is 9.80 Å². The lowest BCUT2D eigenvalue weighted by Crippen LogP contribution is -2.11. The van der Waals surface area contributed by atoms with Crippen LogP contribution in [0.25, 0.3) is 120 Å². The van der Waals surface area contributed by atoms with Crippen molar-refractivity contribution in [3.05, 3.63) is 229 Å². The summed E-state index contributed by atoms with van der Waals surface area (Å²) in [5.41, 5.74) is 22.1. The van der Waals surface area contributed by atoms with Crippen molar-refractivity contribution in [1.82, 2.24) is 8.80 Å². The monoisotopic (exact) mass is 1110 g/mol. The quantitative estimate of drug-likeness (QED) is 0.152. The van der Waals surface area contributed by atoms with Crippen LogP contribution in [0, 0.1) is 0 Å². The first-order chi connectivity index (χ1) is 41.6. The normalized spacial score (nSPS) is 13.0. The number of aromatic nitrogens is 2.